The summed E-state index contributed by atoms with van der Waals surface area (Å²) in [6.45, 7) is -1.80. The van der Waals surface area contributed by atoms with Crippen LogP contribution < -0.4 is 10.5 Å². The smallest absolute Gasteiger partial charge is 0.456 e. The quantitative estimate of drug-likeness (QED) is 0.883. The van der Waals surface area contributed by atoms with E-state index >= 15 is 0 Å². The third-order valence-corrected chi connectivity index (χ3v) is 3.07. The van der Waals surface area contributed by atoms with Crippen LogP contribution in [0.15, 0.2) is 18.2 Å². The molecule has 9 heteroatoms. The van der Waals surface area contributed by atoms with Gasteiger partial charge in [-0.2, -0.15) is 22.0 Å². The van der Waals surface area contributed by atoms with Crippen molar-refractivity contribution in [2.24, 2.45) is 0 Å². The van der Waals surface area contributed by atoms with Crippen molar-refractivity contribution in [2.75, 3.05) is 12.3 Å². The van der Waals surface area contributed by atoms with E-state index in [2.05, 4.69) is 9.72 Å². The predicted molar refractivity (Wildman–Crippen MR) is 60.5 cm³/mol. The van der Waals surface area contributed by atoms with Crippen LogP contribution in [0.25, 0.3) is 10.2 Å². The van der Waals surface area contributed by atoms with E-state index in [-0.39, 0.29) is 16.4 Å². The average Bonchev–Trinajstić information content (AvgIpc) is 2.65. The number of fused-ring (bicyclic) bond motifs is 1. The Kier molecular flexibility index (Phi) is 3.25. The topological polar surface area (TPSA) is 48.1 Å². The molecule has 2 N–H and O–H groups in total. The Morgan fingerprint density at radius 3 is 2.53 bits per heavy atom. The van der Waals surface area contributed by atoms with Crippen LogP contribution in [0, 0.1) is 0 Å². The van der Waals surface area contributed by atoms with Crippen molar-refractivity contribution < 1.29 is 26.7 Å². The number of anilines is 1. The van der Waals surface area contributed by atoms with Crippen molar-refractivity contribution >= 4 is 26.7 Å². The number of rotatable bonds is 3. The predicted octanol–water partition coefficient (Wildman–Crippen LogP) is 3.45. The summed E-state index contributed by atoms with van der Waals surface area (Å²) in [5.74, 6) is -5.08. The fourth-order valence-electron chi connectivity index (χ4n) is 1.31. The first-order valence-electron chi connectivity index (χ1n) is 4.93. The van der Waals surface area contributed by atoms with E-state index in [9.17, 15) is 22.0 Å². The number of hydrogen-bond donors (Lipinski definition) is 1. The molecule has 0 atom stereocenters. The summed E-state index contributed by atoms with van der Waals surface area (Å²) in [5, 5.41) is 0.175. The molecule has 0 aliphatic heterocycles. The van der Waals surface area contributed by atoms with Gasteiger partial charge in [0.25, 0.3) is 0 Å². The van der Waals surface area contributed by atoms with Crippen LogP contribution in [-0.4, -0.2) is 23.7 Å². The van der Waals surface area contributed by atoms with E-state index in [1.165, 1.54) is 12.1 Å². The molecule has 0 spiro atoms. The Morgan fingerprint density at radius 2 is 1.89 bits per heavy atom. The number of aromatic nitrogens is 1. The number of ether oxygens (including phenoxy) is 1. The number of benzene rings is 1. The number of para-hydroxylation sites is 1. The summed E-state index contributed by atoms with van der Waals surface area (Å²) in [6.07, 6.45) is -5.65. The van der Waals surface area contributed by atoms with Crippen molar-refractivity contribution in [2.45, 2.75) is 12.1 Å². The molecule has 0 saturated carbocycles. The Balaban J connectivity index is 2.23. The molecule has 0 radical (unpaired) electrons. The SMILES string of the molecule is Nc1nc2c(OCC(F)(F)C(F)(F)F)cccc2s1. The molecule has 19 heavy (non-hydrogen) atoms. The molecule has 0 amide bonds. The number of nitrogens with zero attached hydrogens (tertiary/aromatic N) is 1. The van der Waals surface area contributed by atoms with Crippen LogP contribution in [0.1, 0.15) is 0 Å². The molecule has 0 aliphatic carbocycles. The standard InChI is InChI=1S/C10H7F5N2OS/c11-9(12,10(13,14)15)4-18-5-2-1-3-6-7(5)17-8(16)19-6/h1-3H,4H2,(H2,16,17). The molecule has 104 valence electrons. The van der Waals surface area contributed by atoms with E-state index < -0.39 is 18.7 Å². The molecule has 0 bridgehead atoms. The van der Waals surface area contributed by atoms with Crippen LogP contribution in [0.2, 0.25) is 0 Å². The summed E-state index contributed by atoms with van der Waals surface area (Å²) in [4.78, 5) is 3.82. The molecular formula is C10H7F5N2OS. The molecule has 0 unspecified atom stereocenters. The van der Waals surface area contributed by atoms with E-state index in [0.717, 1.165) is 11.3 Å². The van der Waals surface area contributed by atoms with Gasteiger partial charge in [0.2, 0.25) is 0 Å². The van der Waals surface area contributed by atoms with Gasteiger partial charge in [-0.25, -0.2) is 4.98 Å². The van der Waals surface area contributed by atoms with Crippen molar-refractivity contribution in [1.82, 2.24) is 4.98 Å². The molecular weight excluding hydrogens is 291 g/mol. The van der Waals surface area contributed by atoms with Crippen molar-refractivity contribution in [1.29, 1.82) is 0 Å². The Hall–Kier alpha value is -1.64. The number of nitrogens with two attached hydrogens (primary N) is 1. The van der Waals surface area contributed by atoms with Crippen molar-refractivity contribution in [3.05, 3.63) is 18.2 Å². The van der Waals surface area contributed by atoms with Gasteiger partial charge in [0.1, 0.15) is 11.3 Å². The fraction of sp³-hybridized carbons (Fsp3) is 0.300. The third kappa shape index (κ3) is 2.70. The number of hydrogen-bond acceptors (Lipinski definition) is 4. The average molecular weight is 298 g/mol. The molecule has 1 aromatic carbocycles. The number of thiazole rings is 1. The molecule has 2 rings (SSSR count). The zero-order valence-corrected chi connectivity index (χ0v) is 9.99. The van der Waals surface area contributed by atoms with Gasteiger partial charge in [-0.1, -0.05) is 17.4 Å². The van der Waals surface area contributed by atoms with Crippen LogP contribution in [0.3, 0.4) is 0 Å². The number of nitrogen functional groups attached to an aromatic ring is 1. The maximum absolute atomic E-state index is 12.7. The van der Waals surface area contributed by atoms with Gasteiger partial charge in [-0.15, -0.1) is 0 Å². The lowest BCUT2D eigenvalue weighted by Crippen LogP contribution is -2.41. The molecule has 1 heterocycles. The highest BCUT2D eigenvalue weighted by atomic mass is 32.1. The van der Waals surface area contributed by atoms with Crippen LogP contribution >= 0.6 is 11.3 Å². The molecule has 0 fully saturated rings. The first-order chi connectivity index (χ1) is 8.71. The lowest BCUT2D eigenvalue weighted by molar-refractivity contribution is -0.289. The van der Waals surface area contributed by atoms with Crippen LogP contribution in [-0.2, 0) is 0 Å². The second kappa shape index (κ2) is 4.48. The highest BCUT2D eigenvalue weighted by Crippen LogP contribution is 2.37. The summed E-state index contributed by atoms with van der Waals surface area (Å²) in [7, 11) is 0. The highest BCUT2D eigenvalue weighted by molar-refractivity contribution is 7.22. The largest absolute Gasteiger partial charge is 0.485 e. The monoisotopic (exact) mass is 298 g/mol. The van der Waals surface area contributed by atoms with E-state index in [0.29, 0.717) is 4.70 Å². The first kappa shape index (κ1) is 13.8. The third-order valence-electron chi connectivity index (χ3n) is 2.22. The van der Waals surface area contributed by atoms with Gasteiger partial charge in [-0.05, 0) is 12.1 Å². The summed E-state index contributed by atoms with van der Waals surface area (Å²) in [5.41, 5.74) is 5.60. The van der Waals surface area contributed by atoms with Gasteiger partial charge in [0.05, 0.1) is 4.70 Å². The Labute approximate surface area is 107 Å². The molecule has 2 aromatic rings. The maximum atomic E-state index is 12.7. The van der Waals surface area contributed by atoms with E-state index in [1.54, 1.807) is 6.07 Å². The summed E-state index contributed by atoms with van der Waals surface area (Å²) in [6, 6.07) is 4.33. The molecule has 0 saturated heterocycles. The van der Waals surface area contributed by atoms with Gasteiger partial charge in [-0.3, -0.25) is 0 Å². The minimum atomic E-state index is -5.65. The molecule has 1 aromatic heterocycles. The van der Waals surface area contributed by atoms with Crippen molar-refractivity contribution in [3.63, 3.8) is 0 Å². The second-order valence-electron chi connectivity index (χ2n) is 3.65. The van der Waals surface area contributed by atoms with Gasteiger partial charge < -0.3 is 10.5 Å². The minimum Gasteiger partial charge on any atom is -0.485 e. The van der Waals surface area contributed by atoms with Gasteiger partial charge in [0, 0.05) is 0 Å². The number of halogens is 5. The Bertz CT molecular complexity index is 595. The Morgan fingerprint density at radius 1 is 1.21 bits per heavy atom. The summed E-state index contributed by atoms with van der Waals surface area (Å²) < 4.78 is 66.5. The first-order valence-corrected chi connectivity index (χ1v) is 5.75. The molecule has 0 aliphatic rings. The van der Waals surface area contributed by atoms with Crippen LogP contribution in [0.4, 0.5) is 27.1 Å². The zero-order valence-electron chi connectivity index (χ0n) is 9.17. The number of alkyl halides is 5. The highest BCUT2D eigenvalue weighted by Gasteiger charge is 2.58. The normalized spacial score (nSPS) is 12.9. The lowest BCUT2D eigenvalue weighted by atomic mass is 10.3. The van der Waals surface area contributed by atoms with E-state index in [4.69, 9.17) is 5.73 Å². The lowest BCUT2D eigenvalue weighted by Gasteiger charge is -2.19. The van der Waals surface area contributed by atoms with E-state index in [1.807, 2.05) is 0 Å². The zero-order chi connectivity index (χ0) is 14.3. The molecule has 3 nitrogen and oxygen atoms in total. The minimum absolute atomic E-state index is 0.158. The van der Waals surface area contributed by atoms with Crippen LogP contribution in [0.5, 0.6) is 5.75 Å². The van der Waals surface area contributed by atoms with Gasteiger partial charge >= 0.3 is 12.1 Å². The second-order valence-corrected chi connectivity index (χ2v) is 4.71. The van der Waals surface area contributed by atoms with Gasteiger partial charge in [0.15, 0.2) is 11.7 Å². The maximum Gasteiger partial charge on any atom is 0.456 e. The van der Waals surface area contributed by atoms with Crippen molar-refractivity contribution in [3.8, 4) is 5.75 Å². The fourth-order valence-corrected chi connectivity index (χ4v) is 2.06. The summed E-state index contributed by atoms with van der Waals surface area (Å²) >= 11 is 1.08.